The van der Waals surface area contributed by atoms with E-state index in [0.717, 1.165) is 57.0 Å². The Morgan fingerprint density at radius 1 is 0.744 bits per heavy atom. The second kappa shape index (κ2) is 13.9. The minimum absolute atomic E-state index is 0. The van der Waals surface area contributed by atoms with E-state index in [0.29, 0.717) is 22.8 Å². The number of fused-ring (bicyclic) bond motifs is 6. The fourth-order valence-corrected chi connectivity index (χ4v) is 4.84. The predicted molar refractivity (Wildman–Crippen MR) is 184 cm³/mol. The number of anilines is 1. The number of hydrogen-bond acceptors (Lipinski definition) is 5. The van der Waals surface area contributed by atoms with Gasteiger partial charge in [-0.3, -0.25) is 0 Å². The number of nitrogens with two attached hydrogens (primary N) is 1. The number of benzene rings is 2. The van der Waals surface area contributed by atoms with Crippen molar-refractivity contribution in [1.82, 2.24) is 29.1 Å². The molecule has 206 valence electrons. The van der Waals surface area contributed by atoms with Gasteiger partial charge < -0.3 is 14.9 Å². The van der Waals surface area contributed by atoms with Crippen LogP contribution in [0.1, 0.15) is 35.1 Å². The Labute approximate surface area is 257 Å². The molecule has 2 aromatic carbocycles. The normalized spacial score (nSPS) is 11.0. The lowest BCUT2D eigenvalue weighted by Gasteiger charge is -2.09. The molecule has 39 heavy (non-hydrogen) atoms. The molecule has 0 saturated heterocycles. The minimum Gasteiger partial charge on any atom is -0.382 e. The number of nitrogen functional groups attached to an aromatic ring is 1. The van der Waals surface area contributed by atoms with E-state index < -0.39 is 0 Å². The molecule has 6 aromatic rings. The van der Waals surface area contributed by atoms with Crippen molar-refractivity contribution < 1.29 is 0 Å². The number of hydrogen-bond donors (Lipinski definition) is 1. The molecule has 0 unspecified atom stereocenters. The van der Waals surface area contributed by atoms with Gasteiger partial charge in [0.2, 0.25) is 0 Å². The van der Waals surface area contributed by atoms with E-state index in [2.05, 4.69) is 106 Å². The van der Waals surface area contributed by atoms with Crippen molar-refractivity contribution in [2.24, 2.45) is 11.8 Å². The fourth-order valence-electron chi connectivity index (χ4n) is 4.62. The summed E-state index contributed by atoms with van der Waals surface area (Å²) in [5, 5.41) is 2.70. The molecule has 4 aromatic heterocycles. The highest BCUT2D eigenvalue weighted by atomic mass is 128. The summed E-state index contributed by atoms with van der Waals surface area (Å²) in [4.78, 5) is 17.6. The Kier molecular flexibility index (Phi) is 11.1. The molecule has 0 atom stereocenters. The fraction of sp³-hybridized carbons (Fsp3) is 0.310. The molecule has 7 nitrogen and oxygen atoms in total. The molecular formula is C29H34ClI2N7. The molecule has 6 rings (SSSR count). The Hall–Kier alpha value is -2.25. The zero-order valence-corrected chi connectivity index (χ0v) is 26.8. The molecule has 0 aliphatic carbocycles. The highest BCUT2D eigenvalue weighted by Crippen LogP contribution is 2.29. The quantitative estimate of drug-likeness (QED) is 0.143. The second-order valence-electron chi connectivity index (χ2n) is 9.91. The first-order chi connectivity index (χ1) is 18.3. The third-order valence-electron chi connectivity index (χ3n) is 6.02. The van der Waals surface area contributed by atoms with Crippen LogP contribution in [0.25, 0.3) is 43.9 Å². The van der Waals surface area contributed by atoms with Gasteiger partial charge >= 0.3 is 0 Å². The SMILES string of the molecule is C.CC(C)Cn1cnc2c(Cl)nc3ccccc3c21.CC(C)Cn1cnc2c(N)nc3ccccc3c21.II. The number of halogens is 3. The standard InChI is InChI=1S/C14H14ClN3.C14H16N4.CH4.I2/c2*1-9(2)7-18-8-16-12-13(18)10-5-3-4-6-11(10)17-14(12)15;;1-2/h3-6,8-9H,7H2,1-2H3;3-6,8-9H,7H2,1-2H3,(H2,15,17);1H4;. The topological polar surface area (TPSA) is 87.4 Å². The Balaban J connectivity index is 0.000000198. The van der Waals surface area contributed by atoms with Gasteiger partial charge in [-0.2, -0.15) is 0 Å². The van der Waals surface area contributed by atoms with Gasteiger partial charge in [-0.1, -0.05) is 83.1 Å². The number of nitrogens with zero attached hydrogens (tertiary/aromatic N) is 6. The largest absolute Gasteiger partial charge is 0.382 e. The number of aromatic nitrogens is 6. The Bertz CT molecular complexity index is 1570. The third-order valence-corrected chi connectivity index (χ3v) is 6.28. The Morgan fingerprint density at radius 2 is 1.18 bits per heavy atom. The van der Waals surface area contributed by atoms with Crippen LogP contribution in [0.4, 0.5) is 5.82 Å². The summed E-state index contributed by atoms with van der Waals surface area (Å²) in [6.45, 7) is 10.6. The first kappa shape index (κ1) is 31.3. The maximum Gasteiger partial charge on any atom is 0.157 e. The van der Waals surface area contributed by atoms with Crippen molar-refractivity contribution in [3.63, 3.8) is 0 Å². The van der Waals surface area contributed by atoms with Gasteiger partial charge in [0, 0.05) is 61.1 Å². The van der Waals surface area contributed by atoms with Crippen molar-refractivity contribution in [2.45, 2.75) is 48.2 Å². The number of rotatable bonds is 4. The molecule has 0 radical (unpaired) electrons. The van der Waals surface area contributed by atoms with Crippen molar-refractivity contribution in [3.05, 3.63) is 66.3 Å². The van der Waals surface area contributed by atoms with E-state index in [-0.39, 0.29) is 7.43 Å². The van der Waals surface area contributed by atoms with Crippen LogP contribution in [0.2, 0.25) is 5.15 Å². The molecule has 0 amide bonds. The van der Waals surface area contributed by atoms with Crippen LogP contribution in [0.15, 0.2) is 61.2 Å². The smallest absolute Gasteiger partial charge is 0.157 e. The van der Waals surface area contributed by atoms with Crippen LogP contribution in [0, 0.1) is 11.8 Å². The second-order valence-corrected chi connectivity index (χ2v) is 10.3. The predicted octanol–water partition coefficient (Wildman–Crippen LogP) is 9.12. The van der Waals surface area contributed by atoms with Crippen LogP contribution in [-0.4, -0.2) is 29.1 Å². The van der Waals surface area contributed by atoms with Gasteiger partial charge in [0.1, 0.15) is 11.0 Å². The van der Waals surface area contributed by atoms with Gasteiger partial charge in [0.15, 0.2) is 11.0 Å². The summed E-state index contributed by atoms with van der Waals surface area (Å²) in [7, 11) is 0. The van der Waals surface area contributed by atoms with E-state index >= 15 is 0 Å². The lowest BCUT2D eigenvalue weighted by atomic mass is 10.1. The zero-order chi connectivity index (χ0) is 27.4. The van der Waals surface area contributed by atoms with Gasteiger partial charge in [-0.05, 0) is 24.0 Å². The molecular weight excluding hydrogens is 736 g/mol. The van der Waals surface area contributed by atoms with E-state index in [1.165, 1.54) is 0 Å². The van der Waals surface area contributed by atoms with E-state index in [1.54, 1.807) is 0 Å². The zero-order valence-electron chi connectivity index (χ0n) is 21.7. The first-order valence-corrected chi connectivity index (χ1v) is 19.0. The van der Waals surface area contributed by atoms with Gasteiger partial charge in [-0.15, -0.1) is 0 Å². The molecule has 10 heteroatoms. The third kappa shape index (κ3) is 6.74. The van der Waals surface area contributed by atoms with Crippen molar-refractivity contribution in [3.8, 4) is 0 Å². The molecule has 0 fully saturated rings. The maximum atomic E-state index is 6.20. The van der Waals surface area contributed by atoms with Crippen LogP contribution in [-0.2, 0) is 13.1 Å². The summed E-state index contributed by atoms with van der Waals surface area (Å²) >= 11 is 10.4. The van der Waals surface area contributed by atoms with Crippen LogP contribution >= 0.6 is 48.8 Å². The van der Waals surface area contributed by atoms with Crippen LogP contribution < -0.4 is 5.73 Å². The molecule has 2 N–H and O–H groups in total. The van der Waals surface area contributed by atoms with Crippen LogP contribution in [0.5, 0.6) is 0 Å². The number of pyridine rings is 2. The number of para-hydroxylation sites is 2. The van der Waals surface area contributed by atoms with Gasteiger partial charge in [0.25, 0.3) is 0 Å². The van der Waals surface area contributed by atoms with E-state index in [4.69, 9.17) is 17.3 Å². The molecule has 4 heterocycles. The van der Waals surface area contributed by atoms with E-state index in [9.17, 15) is 0 Å². The first-order valence-electron chi connectivity index (χ1n) is 12.4. The van der Waals surface area contributed by atoms with Gasteiger partial charge in [-0.25, -0.2) is 19.9 Å². The molecule has 0 spiro atoms. The Morgan fingerprint density at radius 3 is 1.69 bits per heavy atom. The monoisotopic (exact) mass is 769 g/mol. The van der Waals surface area contributed by atoms with E-state index in [1.807, 2.05) is 49.1 Å². The number of imidazole rings is 2. The summed E-state index contributed by atoms with van der Waals surface area (Å²) < 4.78 is 4.33. The molecule has 0 bridgehead atoms. The average Bonchev–Trinajstić information content (AvgIpc) is 3.51. The van der Waals surface area contributed by atoms with Crippen molar-refractivity contribution >= 4 is 98.5 Å². The van der Waals surface area contributed by atoms with Crippen molar-refractivity contribution in [2.75, 3.05) is 5.73 Å². The highest BCUT2D eigenvalue weighted by Gasteiger charge is 2.14. The molecule has 0 aliphatic heterocycles. The highest BCUT2D eigenvalue weighted by molar-refractivity contribution is 15.0. The average molecular weight is 770 g/mol. The maximum absolute atomic E-state index is 6.20. The summed E-state index contributed by atoms with van der Waals surface area (Å²) in [6, 6.07) is 16.1. The lowest BCUT2D eigenvalue weighted by molar-refractivity contribution is 0.533. The van der Waals surface area contributed by atoms with Crippen molar-refractivity contribution in [1.29, 1.82) is 0 Å². The summed E-state index contributed by atoms with van der Waals surface area (Å²) in [6.07, 6.45) is 3.71. The molecule has 0 aliphatic rings. The van der Waals surface area contributed by atoms with Gasteiger partial charge in [0.05, 0.1) is 34.7 Å². The summed E-state index contributed by atoms with van der Waals surface area (Å²) in [5.41, 5.74) is 11.6. The molecule has 0 saturated carbocycles. The van der Waals surface area contributed by atoms with Crippen LogP contribution in [0.3, 0.4) is 0 Å². The minimum atomic E-state index is 0. The lowest BCUT2D eigenvalue weighted by Crippen LogP contribution is -2.03. The summed E-state index contributed by atoms with van der Waals surface area (Å²) in [5.74, 6) is 1.63.